The first kappa shape index (κ1) is 17.5. The van der Waals surface area contributed by atoms with Crippen molar-refractivity contribution < 1.29 is 24.1 Å². The Kier molecular flexibility index (Phi) is 5.89. The number of carboxylic acids is 1. The van der Waals surface area contributed by atoms with Crippen LogP contribution in [0.25, 0.3) is 0 Å². The zero-order valence-corrected chi connectivity index (χ0v) is 13.9. The molecule has 2 N–H and O–H groups in total. The molecule has 0 radical (unpaired) electrons. The van der Waals surface area contributed by atoms with Crippen LogP contribution in [-0.4, -0.2) is 38.4 Å². The Morgan fingerprint density at radius 3 is 2.00 bits per heavy atom. The number of methoxy groups -OCH3 is 3. The predicted molar refractivity (Wildman–Crippen MR) is 91.3 cm³/mol. The van der Waals surface area contributed by atoms with E-state index in [2.05, 4.69) is 5.32 Å². The molecule has 0 saturated carbocycles. The second-order valence-electron chi connectivity index (χ2n) is 5.08. The van der Waals surface area contributed by atoms with E-state index in [9.17, 15) is 4.79 Å². The smallest absolute Gasteiger partial charge is 0.326 e. The van der Waals surface area contributed by atoms with Crippen LogP contribution in [0.15, 0.2) is 42.5 Å². The number of ether oxygens (including phenoxy) is 3. The van der Waals surface area contributed by atoms with Crippen molar-refractivity contribution in [2.24, 2.45) is 0 Å². The summed E-state index contributed by atoms with van der Waals surface area (Å²) in [5.74, 6) is 1.46. The molecule has 0 aromatic heterocycles. The summed E-state index contributed by atoms with van der Waals surface area (Å²) in [6.07, 6.45) is 0.481. The minimum absolute atomic E-state index is 0.481. The van der Waals surface area contributed by atoms with Crippen LogP contribution in [-0.2, 0) is 11.2 Å². The predicted octanol–water partition coefficient (Wildman–Crippen LogP) is 2.82. The minimum Gasteiger partial charge on any atom is -0.496 e. The maximum Gasteiger partial charge on any atom is 0.326 e. The molecule has 0 fully saturated rings. The molecule has 2 aromatic rings. The Morgan fingerprint density at radius 1 is 0.958 bits per heavy atom. The highest BCUT2D eigenvalue weighted by atomic mass is 16.5. The number of nitrogens with one attached hydrogen (secondary N) is 1. The van der Waals surface area contributed by atoms with E-state index in [0.29, 0.717) is 6.42 Å². The van der Waals surface area contributed by atoms with Gasteiger partial charge in [-0.3, -0.25) is 0 Å². The number of carbonyl (C=O) groups is 1. The van der Waals surface area contributed by atoms with Gasteiger partial charge >= 0.3 is 5.97 Å². The van der Waals surface area contributed by atoms with Gasteiger partial charge in [-0.1, -0.05) is 18.2 Å². The molecule has 0 saturated heterocycles. The fourth-order valence-electron chi connectivity index (χ4n) is 2.48. The Balaban J connectivity index is 0.000000185. The average molecular weight is 331 g/mol. The highest BCUT2D eigenvalue weighted by Crippen LogP contribution is 2.33. The van der Waals surface area contributed by atoms with Gasteiger partial charge in [0.05, 0.1) is 21.3 Å². The van der Waals surface area contributed by atoms with E-state index in [1.807, 2.05) is 42.5 Å². The van der Waals surface area contributed by atoms with Gasteiger partial charge < -0.3 is 24.6 Å². The first-order valence-electron chi connectivity index (χ1n) is 7.43. The van der Waals surface area contributed by atoms with Crippen LogP contribution in [0.4, 0.5) is 5.69 Å². The van der Waals surface area contributed by atoms with Gasteiger partial charge in [0.2, 0.25) is 0 Å². The summed E-state index contributed by atoms with van der Waals surface area (Å²) in [6, 6.07) is 12.5. The van der Waals surface area contributed by atoms with Crippen molar-refractivity contribution in [3.8, 4) is 17.2 Å². The number of rotatable bonds is 4. The lowest BCUT2D eigenvalue weighted by atomic mass is 10.1. The van der Waals surface area contributed by atoms with Crippen molar-refractivity contribution in [3.63, 3.8) is 0 Å². The normalized spacial score (nSPS) is 14.5. The molecule has 0 spiro atoms. The molecule has 24 heavy (non-hydrogen) atoms. The van der Waals surface area contributed by atoms with Crippen LogP contribution >= 0.6 is 0 Å². The standard InChI is InChI=1S/C10H11NO3.C8H10O2/c1-14-9-4-2-3-7-6(9)5-8(11-7)10(12)13;1-9-7-5-3-4-6-8(7)10-2/h2-4,8,11H,5H2,1H3,(H,12,13);3-6H,1-2H3. The summed E-state index contributed by atoms with van der Waals surface area (Å²) in [7, 11) is 4.83. The van der Waals surface area contributed by atoms with Crippen LogP contribution in [0.2, 0.25) is 0 Å². The lowest BCUT2D eigenvalue weighted by Crippen LogP contribution is -2.26. The molecule has 0 amide bonds. The summed E-state index contributed by atoms with van der Waals surface area (Å²) in [6.45, 7) is 0. The van der Waals surface area contributed by atoms with Gasteiger partial charge in [-0.2, -0.15) is 0 Å². The molecule has 2 aromatic carbocycles. The second-order valence-corrected chi connectivity index (χ2v) is 5.08. The maximum atomic E-state index is 10.8. The molecule has 1 heterocycles. The molecule has 1 atom stereocenters. The van der Waals surface area contributed by atoms with Crippen LogP contribution in [0.5, 0.6) is 17.2 Å². The lowest BCUT2D eigenvalue weighted by molar-refractivity contribution is -0.137. The van der Waals surface area contributed by atoms with E-state index >= 15 is 0 Å². The highest BCUT2D eigenvalue weighted by Gasteiger charge is 2.28. The fraction of sp³-hybridized carbons (Fsp3) is 0.278. The Bertz CT molecular complexity index is 679. The number of benzene rings is 2. The third-order valence-corrected chi connectivity index (χ3v) is 3.68. The van der Waals surface area contributed by atoms with Crippen molar-refractivity contribution >= 4 is 11.7 Å². The zero-order chi connectivity index (χ0) is 17.5. The van der Waals surface area contributed by atoms with Crippen molar-refractivity contribution in [2.75, 3.05) is 26.6 Å². The molecule has 3 rings (SSSR count). The molecule has 1 unspecified atom stereocenters. The molecule has 128 valence electrons. The number of aliphatic carboxylic acids is 1. The van der Waals surface area contributed by atoms with E-state index < -0.39 is 12.0 Å². The first-order chi connectivity index (χ1) is 11.6. The van der Waals surface area contributed by atoms with Crippen LogP contribution in [0.3, 0.4) is 0 Å². The molecule has 0 aliphatic carbocycles. The van der Waals surface area contributed by atoms with Gasteiger partial charge in [-0.15, -0.1) is 0 Å². The average Bonchev–Trinajstić information content (AvgIpc) is 3.06. The molecule has 6 heteroatoms. The number of fused-ring (bicyclic) bond motifs is 1. The summed E-state index contributed by atoms with van der Waals surface area (Å²) >= 11 is 0. The molecule has 6 nitrogen and oxygen atoms in total. The molecule has 0 bridgehead atoms. The number of hydrogen-bond donors (Lipinski definition) is 2. The van der Waals surface area contributed by atoms with Gasteiger partial charge in [0.25, 0.3) is 0 Å². The summed E-state index contributed by atoms with van der Waals surface area (Å²) in [4.78, 5) is 10.8. The SMILES string of the molecule is COc1cccc2c1CC(C(=O)O)N2.COc1ccccc1OC. The molecule has 1 aliphatic rings. The quantitative estimate of drug-likeness (QED) is 0.897. The summed E-state index contributed by atoms with van der Waals surface area (Å²) in [5, 5.41) is 11.8. The lowest BCUT2D eigenvalue weighted by Gasteiger charge is -2.04. The number of hydrogen-bond acceptors (Lipinski definition) is 5. The van der Waals surface area contributed by atoms with E-state index in [1.54, 1.807) is 21.3 Å². The monoisotopic (exact) mass is 331 g/mol. The Morgan fingerprint density at radius 2 is 1.50 bits per heavy atom. The number of carboxylic acid groups (broad SMARTS) is 1. The minimum atomic E-state index is -0.830. The van der Waals surface area contributed by atoms with Crippen LogP contribution < -0.4 is 19.5 Å². The van der Waals surface area contributed by atoms with E-state index in [-0.39, 0.29) is 0 Å². The Labute approximate surface area is 141 Å². The third kappa shape index (κ3) is 3.90. The topological polar surface area (TPSA) is 77.0 Å². The fourth-order valence-corrected chi connectivity index (χ4v) is 2.48. The van der Waals surface area contributed by atoms with Gasteiger partial charge in [0.15, 0.2) is 11.5 Å². The van der Waals surface area contributed by atoms with Crippen molar-refractivity contribution in [3.05, 3.63) is 48.0 Å². The number of anilines is 1. The largest absolute Gasteiger partial charge is 0.496 e. The van der Waals surface area contributed by atoms with Gasteiger partial charge in [-0.25, -0.2) is 4.79 Å². The van der Waals surface area contributed by atoms with Gasteiger partial charge in [-0.05, 0) is 24.3 Å². The van der Waals surface area contributed by atoms with Crippen molar-refractivity contribution in [1.82, 2.24) is 0 Å². The zero-order valence-electron chi connectivity index (χ0n) is 13.9. The molecule has 1 aliphatic heterocycles. The molecular weight excluding hydrogens is 310 g/mol. The van der Waals surface area contributed by atoms with Gasteiger partial charge in [0, 0.05) is 17.7 Å². The van der Waals surface area contributed by atoms with E-state index in [0.717, 1.165) is 28.5 Å². The van der Waals surface area contributed by atoms with E-state index in [4.69, 9.17) is 19.3 Å². The maximum absolute atomic E-state index is 10.8. The van der Waals surface area contributed by atoms with Crippen molar-refractivity contribution in [2.45, 2.75) is 12.5 Å². The number of para-hydroxylation sites is 2. The van der Waals surface area contributed by atoms with Gasteiger partial charge in [0.1, 0.15) is 11.8 Å². The van der Waals surface area contributed by atoms with Crippen molar-refractivity contribution in [1.29, 1.82) is 0 Å². The molecular formula is C18H21NO5. The first-order valence-corrected chi connectivity index (χ1v) is 7.43. The third-order valence-electron chi connectivity index (χ3n) is 3.68. The summed E-state index contributed by atoms with van der Waals surface area (Å²) < 4.78 is 15.2. The Hall–Kier alpha value is -2.89. The second kappa shape index (κ2) is 8.10. The highest BCUT2D eigenvalue weighted by molar-refractivity contribution is 5.82. The van der Waals surface area contributed by atoms with E-state index in [1.165, 1.54) is 0 Å². The summed E-state index contributed by atoms with van der Waals surface area (Å²) in [5.41, 5.74) is 1.80. The van der Waals surface area contributed by atoms with Crippen LogP contribution in [0.1, 0.15) is 5.56 Å². The van der Waals surface area contributed by atoms with Crippen LogP contribution in [0, 0.1) is 0 Å².